The van der Waals surface area contributed by atoms with Crippen molar-refractivity contribution in [2.24, 2.45) is 0 Å². The summed E-state index contributed by atoms with van der Waals surface area (Å²) < 4.78 is 6.87. The maximum absolute atomic E-state index is 6.87. The second-order valence-electron chi connectivity index (χ2n) is 10.1. The van der Waals surface area contributed by atoms with Crippen molar-refractivity contribution in [2.75, 3.05) is 0 Å². The molecule has 31 heavy (non-hydrogen) atoms. The smallest absolute Gasteiger partial charge is 0.250 e. The lowest BCUT2D eigenvalue weighted by Crippen LogP contribution is -2.44. The largest absolute Gasteiger partial charge is 0.543 e. The van der Waals surface area contributed by atoms with Crippen molar-refractivity contribution >= 4 is 8.32 Å². The lowest BCUT2D eigenvalue weighted by Gasteiger charge is -2.37. The minimum atomic E-state index is -1.94. The molecule has 0 aliphatic heterocycles. The molecule has 2 rings (SSSR count). The molecule has 1 nitrogen and oxygen atoms in total. The van der Waals surface area contributed by atoms with Crippen molar-refractivity contribution in [1.82, 2.24) is 0 Å². The number of rotatable bonds is 8. The van der Waals surface area contributed by atoms with Crippen LogP contribution in [-0.4, -0.2) is 8.32 Å². The van der Waals surface area contributed by atoms with E-state index in [2.05, 4.69) is 103 Å². The molecule has 2 heteroatoms. The molecule has 0 amide bonds. The summed E-state index contributed by atoms with van der Waals surface area (Å²) in [6, 6.07) is 13.0. The third-order valence-electron chi connectivity index (χ3n) is 6.52. The van der Waals surface area contributed by atoms with Crippen LogP contribution in [0.5, 0.6) is 5.75 Å². The number of aryl methyl sites for hydroxylation is 1. The Morgan fingerprint density at radius 2 is 1.61 bits per heavy atom. The van der Waals surface area contributed by atoms with Crippen molar-refractivity contribution in [2.45, 2.75) is 98.2 Å². The summed E-state index contributed by atoms with van der Waals surface area (Å²) in [7, 11) is -1.94. The van der Waals surface area contributed by atoms with Crippen LogP contribution >= 0.6 is 0 Å². The molecule has 0 saturated carbocycles. The number of benzene rings is 2. The van der Waals surface area contributed by atoms with Gasteiger partial charge in [-0.2, -0.15) is 0 Å². The Kier molecular flexibility index (Phi) is 9.01. The minimum Gasteiger partial charge on any atom is -0.543 e. The van der Waals surface area contributed by atoms with Crippen molar-refractivity contribution in [3.8, 4) is 28.7 Å². The van der Waals surface area contributed by atoms with Crippen LogP contribution in [0.4, 0.5) is 0 Å². The SMILES string of the molecule is CCCCC#Cc1c(CCCC)cc(O[Si](C)(C)C(C)(C)C)c(C)c1-c1ccccc1. The topological polar surface area (TPSA) is 9.23 Å². The van der Waals surface area contributed by atoms with Crippen LogP contribution in [0.1, 0.15) is 83.4 Å². The van der Waals surface area contributed by atoms with Gasteiger partial charge in [0.2, 0.25) is 8.32 Å². The van der Waals surface area contributed by atoms with Gasteiger partial charge in [0.25, 0.3) is 0 Å². The summed E-state index contributed by atoms with van der Waals surface area (Å²) in [6.07, 6.45) is 6.68. The van der Waals surface area contributed by atoms with E-state index in [0.29, 0.717) is 0 Å². The van der Waals surface area contributed by atoms with Crippen molar-refractivity contribution in [3.05, 3.63) is 53.1 Å². The molecule has 0 atom stereocenters. The van der Waals surface area contributed by atoms with E-state index in [1.165, 1.54) is 47.1 Å². The van der Waals surface area contributed by atoms with Crippen molar-refractivity contribution in [3.63, 3.8) is 0 Å². The normalized spacial score (nSPS) is 11.7. The molecule has 0 N–H and O–H groups in total. The lowest BCUT2D eigenvalue weighted by molar-refractivity contribution is 0.488. The van der Waals surface area contributed by atoms with Crippen LogP contribution in [0.3, 0.4) is 0 Å². The predicted octanol–water partition coefficient (Wildman–Crippen LogP) is 8.93. The molecular formula is C29H42OSi. The van der Waals surface area contributed by atoms with Gasteiger partial charge in [-0.3, -0.25) is 0 Å². The Bertz CT molecular complexity index is 908. The summed E-state index contributed by atoms with van der Waals surface area (Å²) in [6.45, 7) is 18.3. The Morgan fingerprint density at radius 1 is 0.968 bits per heavy atom. The molecule has 0 aromatic heterocycles. The molecule has 0 unspecified atom stereocenters. The predicted molar refractivity (Wildman–Crippen MR) is 139 cm³/mol. The van der Waals surface area contributed by atoms with Gasteiger partial charge in [0, 0.05) is 17.5 Å². The van der Waals surface area contributed by atoms with E-state index < -0.39 is 8.32 Å². The lowest BCUT2D eigenvalue weighted by atomic mass is 9.89. The molecule has 0 aliphatic carbocycles. The number of unbranched alkanes of at least 4 members (excludes halogenated alkanes) is 3. The van der Waals surface area contributed by atoms with Gasteiger partial charge < -0.3 is 4.43 Å². The Morgan fingerprint density at radius 3 is 2.19 bits per heavy atom. The number of hydrogen-bond donors (Lipinski definition) is 0. The van der Waals surface area contributed by atoms with Gasteiger partial charge in [-0.15, -0.1) is 0 Å². The molecule has 0 aliphatic rings. The van der Waals surface area contributed by atoms with E-state index in [9.17, 15) is 0 Å². The van der Waals surface area contributed by atoms with Crippen molar-refractivity contribution < 1.29 is 4.43 Å². The molecule has 0 spiro atoms. The van der Waals surface area contributed by atoms with E-state index in [1.54, 1.807) is 0 Å². The van der Waals surface area contributed by atoms with E-state index in [0.717, 1.165) is 25.0 Å². The number of hydrogen-bond acceptors (Lipinski definition) is 1. The monoisotopic (exact) mass is 434 g/mol. The molecule has 168 valence electrons. The highest BCUT2D eigenvalue weighted by molar-refractivity contribution is 6.74. The van der Waals surface area contributed by atoms with Gasteiger partial charge in [-0.1, -0.05) is 89.6 Å². The molecular weight excluding hydrogens is 392 g/mol. The second-order valence-corrected chi connectivity index (χ2v) is 14.9. The third kappa shape index (κ3) is 6.50. The first kappa shape index (κ1) is 25.3. The van der Waals surface area contributed by atoms with Crippen LogP contribution in [0.25, 0.3) is 11.1 Å². The first-order valence-electron chi connectivity index (χ1n) is 12.0. The highest BCUT2D eigenvalue weighted by atomic mass is 28.4. The van der Waals surface area contributed by atoms with Gasteiger partial charge in [-0.25, -0.2) is 0 Å². The van der Waals surface area contributed by atoms with Crippen LogP contribution in [0.15, 0.2) is 36.4 Å². The highest BCUT2D eigenvalue weighted by Crippen LogP contribution is 2.42. The average Bonchev–Trinajstić information content (AvgIpc) is 2.71. The van der Waals surface area contributed by atoms with Crippen LogP contribution in [-0.2, 0) is 6.42 Å². The molecule has 0 fully saturated rings. The minimum absolute atomic E-state index is 0.161. The fraction of sp³-hybridized carbons (Fsp3) is 0.517. The summed E-state index contributed by atoms with van der Waals surface area (Å²) in [5.74, 6) is 8.11. The third-order valence-corrected chi connectivity index (χ3v) is 10.9. The first-order chi connectivity index (χ1) is 14.6. The van der Waals surface area contributed by atoms with Crippen LogP contribution < -0.4 is 4.43 Å². The molecule has 0 saturated heterocycles. The summed E-state index contributed by atoms with van der Waals surface area (Å²) in [4.78, 5) is 0. The van der Waals surface area contributed by atoms with E-state index >= 15 is 0 Å². The maximum atomic E-state index is 6.87. The summed E-state index contributed by atoms with van der Waals surface area (Å²) in [5, 5.41) is 0.161. The standard InChI is InChI=1S/C29H42OSi/c1-9-11-13-17-21-26-25(18-12-10-2)22-27(30-31(7,8)29(4,5)6)23(3)28(26)24-19-15-14-16-20-24/h14-16,19-20,22H,9-13,18H2,1-8H3. The molecule has 0 bridgehead atoms. The fourth-order valence-electron chi connectivity index (χ4n) is 3.43. The van der Waals surface area contributed by atoms with E-state index in [4.69, 9.17) is 4.43 Å². The Labute approximate surface area is 192 Å². The zero-order chi connectivity index (χ0) is 23.1. The second kappa shape index (κ2) is 11.1. The molecule has 2 aromatic carbocycles. The highest BCUT2D eigenvalue weighted by Gasteiger charge is 2.39. The Hall–Kier alpha value is -1.98. The van der Waals surface area contributed by atoms with Gasteiger partial charge >= 0.3 is 0 Å². The molecule has 0 radical (unpaired) electrons. The van der Waals surface area contributed by atoms with E-state index in [1.807, 2.05) is 0 Å². The van der Waals surface area contributed by atoms with Crippen LogP contribution in [0.2, 0.25) is 18.1 Å². The van der Waals surface area contributed by atoms with Crippen molar-refractivity contribution in [1.29, 1.82) is 0 Å². The zero-order valence-corrected chi connectivity index (χ0v) is 22.1. The van der Waals surface area contributed by atoms with Gasteiger partial charge in [-0.05, 0) is 67.1 Å². The maximum Gasteiger partial charge on any atom is 0.250 e. The molecule has 2 aromatic rings. The first-order valence-corrected chi connectivity index (χ1v) is 14.9. The average molecular weight is 435 g/mol. The quantitative estimate of drug-likeness (QED) is 0.229. The van der Waals surface area contributed by atoms with Gasteiger partial charge in [0.05, 0.1) is 0 Å². The fourth-order valence-corrected chi connectivity index (χ4v) is 4.50. The van der Waals surface area contributed by atoms with Gasteiger partial charge in [0.15, 0.2) is 0 Å². The summed E-state index contributed by atoms with van der Waals surface area (Å²) >= 11 is 0. The summed E-state index contributed by atoms with van der Waals surface area (Å²) in [5.41, 5.74) is 6.25. The van der Waals surface area contributed by atoms with Gasteiger partial charge in [0.1, 0.15) is 5.75 Å². The Balaban J connectivity index is 2.72. The van der Waals surface area contributed by atoms with E-state index in [-0.39, 0.29) is 5.04 Å². The van der Waals surface area contributed by atoms with Crippen LogP contribution in [0, 0.1) is 18.8 Å². The molecule has 0 heterocycles. The zero-order valence-electron chi connectivity index (χ0n) is 21.1.